The fraction of sp³-hybridized carbons (Fsp3) is 0.409. The Kier molecular flexibility index (Phi) is 8.53. The zero-order valence-corrected chi connectivity index (χ0v) is 18.7. The van der Waals surface area contributed by atoms with E-state index in [1.807, 2.05) is 30.3 Å². The number of hydrogen-bond acceptors (Lipinski definition) is 5. The quantitative estimate of drug-likeness (QED) is 0.587. The molecule has 30 heavy (non-hydrogen) atoms. The molecule has 0 saturated carbocycles. The first-order valence-electron chi connectivity index (χ1n) is 9.77. The monoisotopic (exact) mass is 434 g/mol. The molecule has 0 spiro atoms. The van der Waals surface area contributed by atoms with Crippen molar-refractivity contribution in [3.05, 3.63) is 54.1 Å². The van der Waals surface area contributed by atoms with Crippen LogP contribution in [0, 0.1) is 0 Å². The van der Waals surface area contributed by atoms with Crippen molar-refractivity contribution < 1.29 is 22.7 Å². The summed E-state index contributed by atoms with van der Waals surface area (Å²) in [5, 5.41) is 2.92. The van der Waals surface area contributed by atoms with Crippen molar-refractivity contribution >= 4 is 21.6 Å². The molecule has 2 rings (SSSR count). The second kappa shape index (κ2) is 10.9. The molecule has 0 aliphatic rings. The number of anilines is 1. The third-order valence-electron chi connectivity index (χ3n) is 4.79. The summed E-state index contributed by atoms with van der Waals surface area (Å²) < 4.78 is 36.5. The Labute approximate surface area is 179 Å². The minimum absolute atomic E-state index is 0.108. The van der Waals surface area contributed by atoms with Gasteiger partial charge in [-0.15, -0.1) is 0 Å². The normalized spacial score (nSPS) is 12.1. The van der Waals surface area contributed by atoms with Crippen molar-refractivity contribution in [1.82, 2.24) is 5.32 Å². The van der Waals surface area contributed by atoms with Gasteiger partial charge in [-0.25, -0.2) is 8.42 Å². The molecule has 0 heterocycles. The third-order valence-corrected chi connectivity index (χ3v) is 5.97. The number of hydrogen-bond donors (Lipinski definition) is 1. The maximum absolute atomic E-state index is 12.4. The van der Waals surface area contributed by atoms with Crippen molar-refractivity contribution in [2.24, 2.45) is 0 Å². The van der Waals surface area contributed by atoms with Crippen LogP contribution in [0.1, 0.15) is 31.2 Å². The minimum atomic E-state index is -3.57. The molecular formula is C22H30N2O5S. The van der Waals surface area contributed by atoms with Crippen molar-refractivity contribution in [2.45, 2.75) is 25.7 Å². The van der Waals surface area contributed by atoms with Gasteiger partial charge in [0.1, 0.15) is 11.5 Å². The molecule has 2 aromatic rings. The molecule has 8 heteroatoms. The Hall–Kier alpha value is -2.74. The van der Waals surface area contributed by atoms with Crippen LogP contribution in [0.25, 0.3) is 0 Å². The number of methoxy groups -OCH3 is 2. The van der Waals surface area contributed by atoms with Gasteiger partial charge in [0.25, 0.3) is 0 Å². The smallest absolute Gasteiger partial charge is 0.232 e. The Morgan fingerprint density at radius 1 is 1.10 bits per heavy atom. The van der Waals surface area contributed by atoms with Crippen LogP contribution < -0.4 is 19.1 Å². The number of ether oxygens (including phenoxy) is 2. The molecule has 2 aromatic carbocycles. The van der Waals surface area contributed by atoms with Crippen LogP contribution in [0.15, 0.2) is 48.5 Å². The summed E-state index contributed by atoms with van der Waals surface area (Å²) in [7, 11) is -0.579. The van der Waals surface area contributed by atoms with E-state index in [0.717, 1.165) is 11.8 Å². The lowest BCUT2D eigenvalue weighted by atomic mass is 10.0. The van der Waals surface area contributed by atoms with E-state index >= 15 is 0 Å². The summed E-state index contributed by atoms with van der Waals surface area (Å²) in [4.78, 5) is 12.2. The van der Waals surface area contributed by atoms with Gasteiger partial charge in [0, 0.05) is 25.6 Å². The molecule has 1 amide bonds. The molecule has 1 atom stereocenters. The predicted octanol–water partition coefficient (Wildman–Crippen LogP) is 3.17. The van der Waals surface area contributed by atoms with E-state index < -0.39 is 10.0 Å². The number of sulfonamides is 1. The molecule has 0 aliphatic heterocycles. The predicted molar refractivity (Wildman–Crippen MR) is 119 cm³/mol. The van der Waals surface area contributed by atoms with Gasteiger partial charge >= 0.3 is 0 Å². The van der Waals surface area contributed by atoms with Crippen molar-refractivity contribution in [2.75, 3.05) is 37.9 Å². The second-order valence-electron chi connectivity index (χ2n) is 7.09. The fourth-order valence-electron chi connectivity index (χ4n) is 3.09. The highest BCUT2D eigenvalue weighted by Crippen LogP contribution is 2.33. The largest absolute Gasteiger partial charge is 0.497 e. The molecule has 164 valence electrons. The molecule has 0 bridgehead atoms. The lowest BCUT2D eigenvalue weighted by Gasteiger charge is -2.24. The average molecular weight is 435 g/mol. The van der Waals surface area contributed by atoms with Gasteiger partial charge in [0.2, 0.25) is 15.9 Å². The maximum atomic E-state index is 12.4. The number of carbonyl (C=O) groups excluding carboxylic acids is 1. The van der Waals surface area contributed by atoms with Crippen LogP contribution >= 0.6 is 0 Å². The lowest BCUT2D eigenvalue weighted by Crippen LogP contribution is -2.33. The summed E-state index contributed by atoms with van der Waals surface area (Å²) in [6.07, 6.45) is 1.73. The van der Waals surface area contributed by atoms with E-state index in [2.05, 4.69) is 12.2 Å². The Morgan fingerprint density at radius 2 is 1.80 bits per heavy atom. The van der Waals surface area contributed by atoms with Gasteiger partial charge in [-0.2, -0.15) is 0 Å². The molecule has 0 aliphatic carbocycles. The van der Waals surface area contributed by atoms with Gasteiger partial charge in [0.15, 0.2) is 0 Å². The van der Waals surface area contributed by atoms with Gasteiger partial charge in [0.05, 0.1) is 26.2 Å². The third kappa shape index (κ3) is 6.66. The number of carbonyl (C=O) groups is 1. The summed E-state index contributed by atoms with van der Waals surface area (Å²) in [5.74, 6) is 1.03. The molecule has 1 unspecified atom stereocenters. The van der Waals surface area contributed by atoms with E-state index in [1.54, 1.807) is 18.2 Å². The minimum Gasteiger partial charge on any atom is -0.497 e. The van der Waals surface area contributed by atoms with E-state index in [9.17, 15) is 13.2 Å². The Morgan fingerprint density at radius 3 is 2.40 bits per heavy atom. The van der Waals surface area contributed by atoms with Crippen LogP contribution in [0.3, 0.4) is 0 Å². The summed E-state index contributed by atoms with van der Waals surface area (Å²) in [5.41, 5.74) is 1.55. The number of amides is 1. The molecular weight excluding hydrogens is 404 g/mol. The first-order chi connectivity index (χ1) is 14.3. The van der Waals surface area contributed by atoms with Gasteiger partial charge in [-0.05, 0) is 30.0 Å². The number of benzene rings is 2. The zero-order valence-electron chi connectivity index (χ0n) is 17.9. The van der Waals surface area contributed by atoms with Crippen molar-refractivity contribution in [1.29, 1.82) is 0 Å². The first kappa shape index (κ1) is 23.5. The summed E-state index contributed by atoms with van der Waals surface area (Å²) in [6.45, 7) is 2.74. The van der Waals surface area contributed by atoms with Gasteiger partial charge in [-0.1, -0.05) is 37.3 Å². The summed E-state index contributed by atoms with van der Waals surface area (Å²) in [6, 6.07) is 14.9. The van der Waals surface area contributed by atoms with E-state index in [0.29, 0.717) is 30.2 Å². The SMILES string of the molecule is COc1ccc(OC)c(N(CCCC(=O)NCC(C)c2ccccc2)S(C)(=O)=O)c1. The zero-order chi connectivity index (χ0) is 22.1. The lowest BCUT2D eigenvalue weighted by molar-refractivity contribution is -0.121. The Bertz CT molecular complexity index is 932. The van der Waals surface area contributed by atoms with E-state index in [-0.39, 0.29) is 24.8 Å². The number of nitrogens with one attached hydrogen (secondary N) is 1. The van der Waals surface area contributed by atoms with Crippen molar-refractivity contribution in [3.8, 4) is 11.5 Å². The van der Waals surface area contributed by atoms with Crippen LogP contribution in [-0.2, 0) is 14.8 Å². The standard InChI is InChI=1S/C22H30N2O5S/c1-17(18-9-6-5-7-10-18)16-23-22(25)11-8-14-24(30(4,26)27)20-15-19(28-2)12-13-21(20)29-3/h5-7,9-10,12-13,15,17H,8,11,14,16H2,1-4H3,(H,23,25). The van der Waals surface area contributed by atoms with Gasteiger partial charge in [-0.3, -0.25) is 9.10 Å². The van der Waals surface area contributed by atoms with Crippen LogP contribution in [0.4, 0.5) is 5.69 Å². The molecule has 0 radical (unpaired) electrons. The summed E-state index contributed by atoms with van der Waals surface area (Å²) >= 11 is 0. The molecule has 0 saturated heterocycles. The molecule has 7 nitrogen and oxygen atoms in total. The second-order valence-corrected chi connectivity index (χ2v) is 9.00. The average Bonchev–Trinajstić information content (AvgIpc) is 2.74. The Balaban J connectivity index is 1.97. The highest BCUT2D eigenvalue weighted by molar-refractivity contribution is 7.92. The fourth-order valence-corrected chi connectivity index (χ4v) is 4.06. The molecule has 1 N–H and O–H groups in total. The molecule has 0 fully saturated rings. The van der Waals surface area contributed by atoms with Crippen LogP contribution in [0.5, 0.6) is 11.5 Å². The van der Waals surface area contributed by atoms with Crippen LogP contribution in [-0.4, -0.2) is 47.9 Å². The number of nitrogens with zero attached hydrogens (tertiary/aromatic N) is 1. The van der Waals surface area contributed by atoms with E-state index in [1.165, 1.54) is 18.5 Å². The van der Waals surface area contributed by atoms with E-state index in [4.69, 9.17) is 9.47 Å². The molecule has 0 aromatic heterocycles. The highest BCUT2D eigenvalue weighted by Gasteiger charge is 2.22. The topological polar surface area (TPSA) is 84.9 Å². The highest BCUT2D eigenvalue weighted by atomic mass is 32.2. The maximum Gasteiger partial charge on any atom is 0.232 e. The van der Waals surface area contributed by atoms with Crippen molar-refractivity contribution in [3.63, 3.8) is 0 Å². The number of rotatable bonds is 11. The van der Waals surface area contributed by atoms with Crippen LogP contribution in [0.2, 0.25) is 0 Å². The van der Waals surface area contributed by atoms with Gasteiger partial charge < -0.3 is 14.8 Å². The first-order valence-corrected chi connectivity index (χ1v) is 11.6.